The summed E-state index contributed by atoms with van der Waals surface area (Å²) in [7, 11) is -2.32. The van der Waals surface area contributed by atoms with Crippen molar-refractivity contribution in [2.45, 2.75) is 37.1 Å². The number of aromatic nitrogens is 2. The number of ether oxygens (including phenoxy) is 1. The van der Waals surface area contributed by atoms with Crippen molar-refractivity contribution in [2.24, 2.45) is 0 Å². The lowest BCUT2D eigenvalue weighted by Gasteiger charge is -2.24. The zero-order valence-corrected chi connectivity index (χ0v) is 20.5. The number of amides is 1. The summed E-state index contributed by atoms with van der Waals surface area (Å²) in [5.74, 6) is 0.517. The van der Waals surface area contributed by atoms with Gasteiger partial charge in [-0.05, 0) is 66.5 Å². The molecule has 4 rings (SSSR count). The van der Waals surface area contributed by atoms with Crippen LogP contribution in [0.15, 0.2) is 47.6 Å². The first-order valence-electron chi connectivity index (χ1n) is 9.97. The Labute approximate surface area is 199 Å². The van der Waals surface area contributed by atoms with Crippen molar-refractivity contribution in [3.05, 3.63) is 57.4 Å². The van der Waals surface area contributed by atoms with E-state index in [0.717, 1.165) is 16.7 Å². The van der Waals surface area contributed by atoms with Gasteiger partial charge in [-0.2, -0.15) is 0 Å². The second-order valence-corrected chi connectivity index (χ2v) is 10.6. The number of hydrogen-bond donors (Lipinski definition) is 2. The van der Waals surface area contributed by atoms with E-state index >= 15 is 0 Å². The van der Waals surface area contributed by atoms with Crippen molar-refractivity contribution < 1.29 is 23.1 Å². The summed E-state index contributed by atoms with van der Waals surface area (Å²) in [6, 6.07) is 6.46. The van der Waals surface area contributed by atoms with Gasteiger partial charge < -0.3 is 15.2 Å². The second-order valence-electron chi connectivity index (χ2n) is 7.65. The van der Waals surface area contributed by atoms with Crippen molar-refractivity contribution in [2.75, 3.05) is 7.11 Å². The molecule has 8 nitrogen and oxygen atoms in total. The van der Waals surface area contributed by atoms with E-state index in [1.807, 2.05) is 6.92 Å². The van der Waals surface area contributed by atoms with Crippen LogP contribution in [0.2, 0.25) is 0 Å². The van der Waals surface area contributed by atoms with Gasteiger partial charge in [0.05, 0.1) is 18.2 Å². The normalized spacial score (nSPS) is 16.6. The lowest BCUT2D eigenvalue weighted by Crippen LogP contribution is -2.34. The summed E-state index contributed by atoms with van der Waals surface area (Å²) in [4.78, 5) is 15.7. The molecule has 10 heteroatoms. The summed E-state index contributed by atoms with van der Waals surface area (Å²) in [5.41, 5.74) is 2.93. The average Bonchev–Trinajstić information content (AvgIpc) is 3.10. The number of nitrogens with zero attached hydrogens (tertiary/aromatic N) is 2. The van der Waals surface area contributed by atoms with E-state index in [1.54, 1.807) is 30.5 Å². The maximum absolute atomic E-state index is 13.4. The minimum Gasteiger partial charge on any atom is -0.494 e. The number of allylic oxidation sites excluding steroid dienone is 1. The van der Waals surface area contributed by atoms with Crippen LogP contribution in [0, 0.1) is 10.5 Å². The van der Waals surface area contributed by atoms with Gasteiger partial charge in [-0.25, -0.2) is 22.2 Å². The van der Waals surface area contributed by atoms with Crippen molar-refractivity contribution in [1.82, 2.24) is 14.3 Å². The number of benzene rings is 1. The average molecular weight is 567 g/mol. The Morgan fingerprint density at radius 3 is 2.69 bits per heavy atom. The second kappa shape index (κ2) is 8.74. The van der Waals surface area contributed by atoms with Crippen LogP contribution in [-0.4, -0.2) is 41.7 Å². The molecule has 3 aromatic rings. The molecule has 0 fully saturated rings. The Balaban J connectivity index is 1.89. The van der Waals surface area contributed by atoms with Gasteiger partial charge in [0.25, 0.3) is 10.0 Å². The van der Waals surface area contributed by atoms with Crippen molar-refractivity contribution in [3.8, 4) is 5.75 Å². The first kappa shape index (κ1) is 22.6. The highest BCUT2D eigenvalue weighted by atomic mass is 127. The molecule has 32 heavy (non-hydrogen) atoms. The lowest BCUT2D eigenvalue weighted by molar-refractivity contribution is 0.189. The molecule has 0 aliphatic heterocycles. The number of methoxy groups -OCH3 is 1. The maximum Gasteiger partial charge on any atom is 0.404 e. The molecular weight excluding hydrogens is 545 g/mol. The smallest absolute Gasteiger partial charge is 0.404 e. The molecule has 2 heterocycles. The topological polar surface area (TPSA) is 111 Å². The fraction of sp³-hybridized carbons (Fsp3) is 0.273. The van der Waals surface area contributed by atoms with Crippen LogP contribution in [0.25, 0.3) is 16.6 Å². The number of carboxylic acid groups (broad SMARTS) is 1. The molecular formula is C22H22IN3O5S. The quantitative estimate of drug-likeness (QED) is 0.443. The van der Waals surface area contributed by atoms with Crippen LogP contribution in [0.4, 0.5) is 4.79 Å². The summed E-state index contributed by atoms with van der Waals surface area (Å²) >= 11 is 2.11. The Morgan fingerprint density at radius 1 is 1.31 bits per heavy atom. The number of rotatable bonds is 5. The van der Waals surface area contributed by atoms with Gasteiger partial charge in [0.1, 0.15) is 5.75 Å². The third kappa shape index (κ3) is 4.08. The predicted molar refractivity (Wildman–Crippen MR) is 130 cm³/mol. The highest BCUT2D eigenvalue weighted by molar-refractivity contribution is 14.1. The van der Waals surface area contributed by atoms with E-state index in [4.69, 9.17) is 9.84 Å². The first-order valence-corrected chi connectivity index (χ1v) is 12.5. The molecule has 0 saturated carbocycles. The summed E-state index contributed by atoms with van der Waals surface area (Å²) in [6.45, 7) is 1.90. The van der Waals surface area contributed by atoms with Crippen molar-refractivity contribution in [3.63, 3.8) is 0 Å². The Hall–Kier alpha value is -2.60. The lowest BCUT2D eigenvalue weighted by atomic mass is 9.89. The van der Waals surface area contributed by atoms with Crippen molar-refractivity contribution >= 4 is 55.3 Å². The monoisotopic (exact) mass is 567 g/mol. The third-order valence-corrected chi connectivity index (χ3v) is 8.00. The molecule has 0 spiro atoms. The summed E-state index contributed by atoms with van der Waals surface area (Å²) < 4.78 is 34.3. The highest BCUT2D eigenvalue weighted by Gasteiger charge is 2.28. The maximum atomic E-state index is 13.4. The van der Waals surface area contributed by atoms with Crippen LogP contribution >= 0.6 is 22.6 Å². The van der Waals surface area contributed by atoms with Gasteiger partial charge in [0, 0.05) is 26.8 Å². The number of nitrogens with one attached hydrogen (secondary N) is 1. The minimum atomic E-state index is -3.86. The standard InChI is InChI=1S/C22H22IN3O5S/c1-13-6-8-16(9-7-13)32(29,30)26-12-17(23)20-19(18(31-2)11-24-21(20)26)14-4-3-5-15(10-14)25-22(27)28/h4,6-9,11-12,15,25H,3,5,10H2,1-2H3,(H,27,28). The summed E-state index contributed by atoms with van der Waals surface area (Å²) in [6.07, 6.45) is 5.95. The van der Waals surface area contributed by atoms with Gasteiger partial charge in [-0.3, -0.25) is 0 Å². The van der Waals surface area contributed by atoms with E-state index in [-0.39, 0.29) is 10.9 Å². The molecule has 1 aliphatic rings. The van der Waals surface area contributed by atoms with Crippen LogP contribution in [0.5, 0.6) is 5.75 Å². The summed E-state index contributed by atoms with van der Waals surface area (Å²) in [5, 5.41) is 12.3. The molecule has 2 aromatic heterocycles. The zero-order valence-electron chi connectivity index (χ0n) is 17.5. The van der Waals surface area contributed by atoms with E-state index in [0.29, 0.717) is 39.6 Å². The van der Waals surface area contributed by atoms with E-state index in [9.17, 15) is 13.2 Å². The largest absolute Gasteiger partial charge is 0.494 e. The molecule has 1 amide bonds. The fourth-order valence-corrected chi connectivity index (χ4v) is 6.29. The van der Waals surface area contributed by atoms with E-state index in [1.165, 1.54) is 17.3 Å². The van der Waals surface area contributed by atoms with Gasteiger partial charge >= 0.3 is 6.09 Å². The molecule has 2 N–H and O–H groups in total. The van der Waals surface area contributed by atoms with Crippen LogP contribution in [0.1, 0.15) is 30.4 Å². The van der Waals surface area contributed by atoms with Crippen molar-refractivity contribution in [1.29, 1.82) is 0 Å². The molecule has 0 bridgehead atoms. The molecule has 1 aromatic carbocycles. The van der Waals surface area contributed by atoms with Crippen LogP contribution < -0.4 is 10.1 Å². The Kier molecular flexibility index (Phi) is 6.17. The number of fused-ring (bicyclic) bond motifs is 1. The molecule has 1 unspecified atom stereocenters. The first-order chi connectivity index (χ1) is 15.2. The highest BCUT2D eigenvalue weighted by Crippen LogP contribution is 2.40. The van der Waals surface area contributed by atoms with E-state index < -0.39 is 16.1 Å². The van der Waals surface area contributed by atoms with Gasteiger partial charge in [-0.1, -0.05) is 23.8 Å². The van der Waals surface area contributed by atoms with Gasteiger partial charge in [-0.15, -0.1) is 0 Å². The zero-order chi connectivity index (χ0) is 23.0. The Bertz CT molecular complexity index is 1330. The number of carbonyl (C=O) groups is 1. The van der Waals surface area contributed by atoms with Gasteiger partial charge in [0.15, 0.2) is 5.65 Å². The van der Waals surface area contributed by atoms with E-state index in [2.05, 4.69) is 39.0 Å². The predicted octanol–water partition coefficient (Wildman–Crippen LogP) is 4.40. The number of hydrogen-bond acceptors (Lipinski definition) is 5. The minimum absolute atomic E-state index is 0.179. The number of halogens is 1. The SMILES string of the molecule is COc1cnc2c(c(I)cn2S(=O)(=O)c2ccc(C)cc2)c1C1=CCCC(NC(=O)O)C1. The van der Waals surface area contributed by atoms with Gasteiger partial charge in [0.2, 0.25) is 0 Å². The fourth-order valence-electron chi connectivity index (χ4n) is 4.00. The molecule has 0 saturated heterocycles. The Morgan fingerprint density at radius 2 is 2.03 bits per heavy atom. The van der Waals surface area contributed by atoms with Crippen LogP contribution in [0.3, 0.4) is 0 Å². The number of pyridine rings is 1. The third-order valence-electron chi connectivity index (χ3n) is 5.52. The molecule has 0 radical (unpaired) electrons. The van der Waals surface area contributed by atoms with Crippen LogP contribution in [-0.2, 0) is 10.0 Å². The number of aryl methyl sites for hydroxylation is 1. The molecule has 1 atom stereocenters. The molecule has 168 valence electrons. The molecule has 1 aliphatic carbocycles.